The number of amides is 1. The quantitative estimate of drug-likeness (QED) is 0.720. The van der Waals surface area contributed by atoms with Crippen LogP contribution in [0.3, 0.4) is 0 Å². The van der Waals surface area contributed by atoms with Gasteiger partial charge in [-0.1, -0.05) is 37.3 Å². The minimum Gasteiger partial charge on any atom is -0.548 e. The van der Waals surface area contributed by atoms with Crippen LogP contribution in [0, 0.1) is 0 Å². The van der Waals surface area contributed by atoms with Crippen LogP contribution in [0.25, 0.3) is 10.9 Å². The van der Waals surface area contributed by atoms with E-state index in [-0.39, 0.29) is 6.42 Å². The van der Waals surface area contributed by atoms with Crippen molar-refractivity contribution in [3.05, 3.63) is 71.4 Å². The molecule has 0 bridgehead atoms. The number of aryl methyl sites for hydroxylation is 1. The van der Waals surface area contributed by atoms with Crippen molar-refractivity contribution in [3.8, 4) is 0 Å². The molecule has 5 nitrogen and oxygen atoms in total. The number of carboxylic acid groups (broad SMARTS) is 1. The predicted octanol–water partition coefficient (Wildman–Crippen LogP) is 1.82. The van der Waals surface area contributed by atoms with Crippen LogP contribution in [0.2, 0.25) is 0 Å². The second kappa shape index (κ2) is 7.21. The third kappa shape index (κ3) is 3.71. The molecule has 3 aromatic rings. The van der Waals surface area contributed by atoms with E-state index in [0.29, 0.717) is 5.56 Å². The van der Waals surface area contributed by atoms with Gasteiger partial charge in [-0.3, -0.25) is 4.79 Å². The van der Waals surface area contributed by atoms with E-state index in [4.69, 9.17) is 0 Å². The number of hydrogen-bond donors (Lipinski definition) is 2. The Kier molecular flexibility index (Phi) is 4.84. The number of nitrogens with one attached hydrogen (secondary N) is 2. The Labute approximate surface area is 145 Å². The Hall–Kier alpha value is -3.08. The Morgan fingerprint density at radius 3 is 2.52 bits per heavy atom. The number of aromatic amines is 1. The molecule has 1 amide bonds. The summed E-state index contributed by atoms with van der Waals surface area (Å²) in [4.78, 5) is 26.9. The molecule has 0 aliphatic heterocycles. The van der Waals surface area contributed by atoms with Crippen molar-refractivity contribution in [1.29, 1.82) is 0 Å². The fourth-order valence-corrected chi connectivity index (χ4v) is 2.85. The minimum absolute atomic E-state index is 0.158. The summed E-state index contributed by atoms with van der Waals surface area (Å²) in [7, 11) is 0. The highest BCUT2D eigenvalue weighted by atomic mass is 16.4. The first-order chi connectivity index (χ1) is 12.1. The molecule has 128 valence electrons. The maximum Gasteiger partial charge on any atom is 0.251 e. The number of para-hydroxylation sites is 1. The molecule has 2 N–H and O–H groups in total. The van der Waals surface area contributed by atoms with Crippen molar-refractivity contribution in [2.45, 2.75) is 25.8 Å². The average molecular weight is 335 g/mol. The molecule has 25 heavy (non-hydrogen) atoms. The van der Waals surface area contributed by atoms with E-state index < -0.39 is 17.9 Å². The lowest BCUT2D eigenvalue weighted by Crippen LogP contribution is -2.49. The monoisotopic (exact) mass is 335 g/mol. The van der Waals surface area contributed by atoms with Crippen LogP contribution in [0.1, 0.15) is 28.4 Å². The highest BCUT2D eigenvalue weighted by molar-refractivity contribution is 5.96. The molecule has 0 saturated carbocycles. The van der Waals surface area contributed by atoms with Gasteiger partial charge >= 0.3 is 0 Å². The zero-order chi connectivity index (χ0) is 17.8. The van der Waals surface area contributed by atoms with Crippen LogP contribution in [0.15, 0.2) is 54.7 Å². The van der Waals surface area contributed by atoms with Crippen molar-refractivity contribution < 1.29 is 14.7 Å². The van der Waals surface area contributed by atoms with Gasteiger partial charge in [0.1, 0.15) is 0 Å². The number of carboxylic acids is 1. The number of aliphatic carboxylic acids is 1. The van der Waals surface area contributed by atoms with Crippen LogP contribution >= 0.6 is 0 Å². The first-order valence-corrected chi connectivity index (χ1v) is 8.24. The molecule has 1 unspecified atom stereocenters. The van der Waals surface area contributed by atoms with Crippen LogP contribution < -0.4 is 10.4 Å². The molecular formula is C20H19N2O3-. The Morgan fingerprint density at radius 1 is 1.12 bits per heavy atom. The molecule has 1 aromatic heterocycles. The van der Waals surface area contributed by atoms with E-state index in [1.54, 1.807) is 18.3 Å². The molecular weight excluding hydrogens is 316 g/mol. The van der Waals surface area contributed by atoms with E-state index >= 15 is 0 Å². The second-order valence-corrected chi connectivity index (χ2v) is 5.96. The van der Waals surface area contributed by atoms with Gasteiger partial charge in [-0.05, 0) is 35.7 Å². The zero-order valence-electron chi connectivity index (χ0n) is 13.9. The summed E-state index contributed by atoms with van der Waals surface area (Å²) in [6.07, 6.45) is 2.80. The Bertz CT molecular complexity index is 897. The van der Waals surface area contributed by atoms with Gasteiger partial charge in [0.05, 0.1) is 12.0 Å². The molecule has 0 spiro atoms. The zero-order valence-corrected chi connectivity index (χ0v) is 13.9. The van der Waals surface area contributed by atoms with Gasteiger partial charge in [-0.2, -0.15) is 0 Å². The van der Waals surface area contributed by atoms with Crippen molar-refractivity contribution in [2.24, 2.45) is 0 Å². The lowest BCUT2D eigenvalue weighted by Gasteiger charge is -2.19. The summed E-state index contributed by atoms with van der Waals surface area (Å²) in [5, 5.41) is 15.0. The van der Waals surface area contributed by atoms with Gasteiger partial charge in [0.2, 0.25) is 0 Å². The smallest absolute Gasteiger partial charge is 0.251 e. The summed E-state index contributed by atoms with van der Waals surface area (Å²) in [5.41, 5.74) is 3.30. The third-order valence-corrected chi connectivity index (χ3v) is 4.31. The summed E-state index contributed by atoms with van der Waals surface area (Å²) in [6.45, 7) is 2.03. The minimum atomic E-state index is -1.30. The van der Waals surface area contributed by atoms with Crippen LogP contribution in [-0.4, -0.2) is 22.9 Å². The third-order valence-electron chi connectivity index (χ3n) is 4.31. The van der Waals surface area contributed by atoms with E-state index in [2.05, 4.69) is 10.3 Å². The number of hydrogen-bond acceptors (Lipinski definition) is 3. The van der Waals surface area contributed by atoms with Gasteiger partial charge in [0.15, 0.2) is 0 Å². The standard InChI is InChI=1S/C20H20N2O3/c1-2-13-7-9-14(10-8-13)19(23)22-18(20(24)25)11-15-12-21-17-6-4-3-5-16(15)17/h3-10,12,18,21H,2,11H2,1H3,(H,22,23)(H,24,25)/p-1. The van der Waals surface area contributed by atoms with Gasteiger partial charge in [0.25, 0.3) is 5.91 Å². The van der Waals surface area contributed by atoms with Crippen LogP contribution in [-0.2, 0) is 17.6 Å². The van der Waals surface area contributed by atoms with Gasteiger partial charge in [0, 0.05) is 29.1 Å². The number of carbonyl (C=O) groups excluding carboxylic acids is 2. The first-order valence-electron chi connectivity index (χ1n) is 8.24. The van der Waals surface area contributed by atoms with E-state index in [1.807, 2.05) is 43.3 Å². The maximum absolute atomic E-state index is 12.3. The van der Waals surface area contributed by atoms with Gasteiger partial charge in [-0.15, -0.1) is 0 Å². The molecule has 1 heterocycles. The fraction of sp³-hybridized carbons (Fsp3) is 0.200. The first kappa shape index (κ1) is 16.8. The number of benzene rings is 2. The van der Waals surface area contributed by atoms with E-state index in [9.17, 15) is 14.7 Å². The van der Waals surface area contributed by atoms with Crippen LogP contribution in [0.5, 0.6) is 0 Å². The molecule has 5 heteroatoms. The molecule has 1 atom stereocenters. The molecule has 3 rings (SSSR count). The summed E-state index contributed by atoms with van der Waals surface area (Å²) in [6, 6.07) is 13.7. The summed E-state index contributed by atoms with van der Waals surface area (Å²) >= 11 is 0. The summed E-state index contributed by atoms with van der Waals surface area (Å²) in [5.74, 6) is -1.72. The van der Waals surface area contributed by atoms with E-state index in [1.165, 1.54) is 0 Å². The van der Waals surface area contributed by atoms with E-state index in [0.717, 1.165) is 28.5 Å². The normalized spacial score (nSPS) is 12.0. The van der Waals surface area contributed by atoms with Gasteiger partial charge in [-0.25, -0.2) is 0 Å². The number of rotatable bonds is 6. The topological polar surface area (TPSA) is 85.0 Å². The summed E-state index contributed by atoms with van der Waals surface area (Å²) < 4.78 is 0. The molecule has 0 saturated heterocycles. The van der Waals surface area contributed by atoms with Crippen molar-refractivity contribution in [2.75, 3.05) is 0 Å². The van der Waals surface area contributed by atoms with Crippen molar-refractivity contribution >= 4 is 22.8 Å². The maximum atomic E-state index is 12.3. The van der Waals surface area contributed by atoms with Crippen molar-refractivity contribution in [1.82, 2.24) is 10.3 Å². The largest absolute Gasteiger partial charge is 0.548 e. The number of aromatic nitrogens is 1. The lowest BCUT2D eigenvalue weighted by molar-refractivity contribution is -0.308. The number of fused-ring (bicyclic) bond motifs is 1. The highest BCUT2D eigenvalue weighted by Gasteiger charge is 2.17. The molecule has 0 fully saturated rings. The molecule has 2 aromatic carbocycles. The van der Waals surface area contributed by atoms with Crippen molar-refractivity contribution in [3.63, 3.8) is 0 Å². The molecule has 0 radical (unpaired) electrons. The number of H-pyrrole nitrogens is 1. The lowest BCUT2D eigenvalue weighted by atomic mass is 10.0. The Morgan fingerprint density at radius 2 is 1.84 bits per heavy atom. The van der Waals surface area contributed by atoms with Gasteiger partial charge < -0.3 is 20.2 Å². The Balaban J connectivity index is 1.76. The fourth-order valence-electron chi connectivity index (χ4n) is 2.85. The SMILES string of the molecule is CCc1ccc(C(=O)NC(Cc2c[nH]c3ccccc23)C(=O)[O-])cc1. The second-order valence-electron chi connectivity index (χ2n) is 5.96. The molecule has 0 aliphatic carbocycles. The van der Waals surface area contributed by atoms with Crippen LogP contribution in [0.4, 0.5) is 0 Å². The number of carbonyl (C=O) groups is 2. The highest BCUT2D eigenvalue weighted by Crippen LogP contribution is 2.19. The average Bonchev–Trinajstić information content (AvgIpc) is 3.04. The molecule has 0 aliphatic rings. The predicted molar refractivity (Wildman–Crippen MR) is 94.1 cm³/mol.